The molecule has 34 heavy (non-hydrogen) atoms. The Kier molecular flexibility index (Phi) is 7.27. The van der Waals surface area contributed by atoms with Crippen LogP contribution in [0.25, 0.3) is 0 Å². The summed E-state index contributed by atoms with van der Waals surface area (Å²) in [4.78, 5) is 30.6. The fourth-order valence-electron chi connectivity index (χ4n) is 4.59. The van der Waals surface area contributed by atoms with E-state index in [-0.39, 0.29) is 30.3 Å². The molecule has 0 bridgehead atoms. The maximum atomic E-state index is 13.8. The van der Waals surface area contributed by atoms with Gasteiger partial charge in [0, 0.05) is 37.1 Å². The molecule has 0 aliphatic carbocycles. The molecule has 3 aromatic rings. The molecule has 0 N–H and O–H groups in total. The second kappa shape index (κ2) is 10.3. The third kappa shape index (κ3) is 4.82. The van der Waals surface area contributed by atoms with Gasteiger partial charge in [0.1, 0.15) is 18.3 Å². The van der Waals surface area contributed by atoms with Gasteiger partial charge < -0.3 is 19.1 Å². The third-order valence-electron chi connectivity index (χ3n) is 6.10. The van der Waals surface area contributed by atoms with Gasteiger partial charge in [0.05, 0.1) is 17.7 Å². The minimum Gasteiger partial charge on any atom is -0.496 e. The fourth-order valence-corrected chi connectivity index (χ4v) is 4.81. The number of hydrogen-bond acceptors (Lipinski definition) is 3. The lowest BCUT2D eigenvalue weighted by Crippen LogP contribution is -2.48. The number of aromatic nitrogens is 1. The molecule has 7 heteroatoms. The van der Waals surface area contributed by atoms with Crippen LogP contribution in [-0.4, -0.2) is 52.9 Å². The molecule has 0 saturated heterocycles. The highest BCUT2D eigenvalue weighted by Gasteiger charge is 2.35. The lowest BCUT2D eigenvalue weighted by Gasteiger charge is -2.39. The van der Waals surface area contributed by atoms with Gasteiger partial charge in [-0.15, -0.1) is 0 Å². The van der Waals surface area contributed by atoms with E-state index in [2.05, 4.69) is 4.57 Å². The van der Waals surface area contributed by atoms with Gasteiger partial charge in [-0.25, -0.2) is 0 Å². The van der Waals surface area contributed by atoms with E-state index in [0.29, 0.717) is 30.2 Å². The Labute approximate surface area is 205 Å². The summed E-state index contributed by atoms with van der Waals surface area (Å²) in [5.74, 6) is 0.584. The Bertz CT molecular complexity index is 1170. The van der Waals surface area contributed by atoms with Gasteiger partial charge in [0.15, 0.2) is 0 Å². The predicted octanol–water partition coefficient (Wildman–Crippen LogP) is 4.88. The van der Waals surface area contributed by atoms with Crippen molar-refractivity contribution in [1.29, 1.82) is 0 Å². The molecule has 0 saturated carbocycles. The summed E-state index contributed by atoms with van der Waals surface area (Å²) < 4.78 is 7.80. The SMILES string of the molecule is COc1ccccc1C1c2cccn2CCN1C(=O)CN(CC(C)C)C(=O)c1ccccc1Cl. The summed E-state index contributed by atoms with van der Waals surface area (Å²) in [5.41, 5.74) is 2.36. The maximum Gasteiger partial charge on any atom is 0.255 e. The molecule has 2 aromatic carbocycles. The van der Waals surface area contributed by atoms with Crippen molar-refractivity contribution in [3.8, 4) is 5.75 Å². The quantitative estimate of drug-likeness (QED) is 0.485. The zero-order valence-corrected chi connectivity index (χ0v) is 20.5. The van der Waals surface area contributed by atoms with E-state index >= 15 is 0 Å². The van der Waals surface area contributed by atoms with E-state index in [1.54, 1.807) is 36.3 Å². The number of para-hydroxylation sites is 1. The Morgan fingerprint density at radius 1 is 1.06 bits per heavy atom. The van der Waals surface area contributed by atoms with E-state index in [4.69, 9.17) is 16.3 Å². The van der Waals surface area contributed by atoms with E-state index in [1.807, 2.05) is 61.3 Å². The van der Waals surface area contributed by atoms with E-state index < -0.39 is 0 Å². The highest BCUT2D eigenvalue weighted by molar-refractivity contribution is 6.33. The molecule has 178 valence electrons. The molecular formula is C27H30ClN3O3. The van der Waals surface area contributed by atoms with Crippen LogP contribution in [0, 0.1) is 5.92 Å². The number of nitrogens with zero attached hydrogens (tertiary/aromatic N) is 3. The van der Waals surface area contributed by atoms with Crippen LogP contribution in [0.5, 0.6) is 5.75 Å². The minimum atomic E-state index is -0.302. The highest BCUT2D eigenvalue weighted by Crippen LogP contribution is 2.37. The zero-order chi connectivity index (χ0) is 24.2. The predicted molar refractivity (Wildman–Crippen MR) is 133 cm³/mol. The Hall–Kier alpha value is -3.25. The maximum absolute atomic E-state index is 13.8. The van der Waals surface area contributed by atoms with Crippen molar-refractivity contribution in [1.82, 2.24) is 14.4 Å². The Morgan fingerprint density at radius 3 is 2.53 bits per heavy atom. The largest absolute Gasteiger partial charge is 0.496 e. The van der Waals surface area contributed by atoms with E-state index in [1.165, 1.54) is 0 Å². The van der Waals surface area contributed by atoms with Crippen LogP contribution >= 0.6 is 11.6 Å². The minimum absolute atomic E-state index is 0.0193. The lowest BCUT2D eigenvalue weighted by atomic mass is 9.98. The number of amides is 2. The summed E-state index contributed by atoms with van der Waals surface area (Å²) in [6.07, 6.45) is 2.03. The average molecular weight is 480 g/mol. The molecule has 2 heterocycles. The van der Waals surface area contributed by atoms with Crippen molar-refractivity contribution in [2.24, 2.45) is 5.92 Å². The molecule has 0 radical (unpaired) electrons. The van der Waals surface area contributed by atoms with Crippen LogP contribution in [0.2, 0.25) is 5.02 Å². The van der Waals surface area contributed by atoms with Gasteiger partial charge in [0.25, 0.3) is 5.91 Å². The van der Waals surface area contributed by atoms with Crippen LogP contribution in [0.3, 0.4) is 0 Å². The van der Waals surface area contributed by atoms with Crippen LogP contribution in [0.4, 0.5) is 0 Å². The molecule has 2 amide bonds. The summed E-state index contributed by atoms with van der Waals surface area (Å²) >= 11 is 6.31. The van der Waals surface area contributed by atoms with Gasteiger partial charge in [-0.05, 0) is 36.2 Å². The van der Waals surface area contributed by atoms with Gasteiger partial charge in [0.2, 0.25) is 5.91 Å². The molecule has 1 unspecified atom stereocenters. The highest BCUT2D eigenvalue weighted by atomic mass is 35.5. The first-order valence-electron chi connectivity index (χ1n) is 11.5. The molecule has 0 fully saturated rings. The van der Waals surface area contributed by atoms with Crippen molar-refractivity contribution < 1.29 is 14.3 Å². The Morgan fingerprint density at radius 2 is 1.79 bits per heavy atom. The van der Waals surface area contributed by atoms with Crippen molar-refractivity contribution in [3.63, 3.8) is 0 Å². The molecular weight excluding hydrogens is 450 g/mol. The number of carbonyl (C=O) groups is 2. The molecule has 0 spiro atoms. The molecule has 1 aliphatic rings. The van der Waals surface area contributed by atoms with Crippen molar-refractivity contribution in [3.05, 3.63) is 88.7 Å². The zero-order valence-electron chi connectivity index (χ0n) is 19.8. The number of rotatable bonds is 7. The normalized spacial score (nSPS) is 15.2. The van der Waals surface area contributed by atoms with Crippen molar-refractivity contribution in [2.45, 2.75) is 26.4 Å². The summed E-state index contributed by atoms with van der Waals surface area (Å²) in [5, 5.41) is 0.386. The standard InChI is InChI=1S/C27H30ClN3O3/c1-19(2)17-30(27(33)20-9-4-6-11-22(20)28)18-25(32)31-16-15-29-14-8-12-23(29)26(31)21-10-5-7-13-24(21)34-3/h4-14,19,26H,15-18H2,1-3H3. The first kappa shape index (κ1) is 23.9. The van der Waals surface area contributed by atoms with Gasteiger partial charge in [-0.3, -0.25) is 9.59 Å². The number of halogens is 1. The topological polar surface area (TPSA) is 54.8 Å². The average Bonchev–Trinajstić information content (AvgIpc) is 3.31. The van der Waals surface area contributed by atoms with Crippen LogP contribution in [0.1, 0.15) is 41.5 Å². The summed E-state index contributed by atoms with van der Waals surface area (Å²) in [6, 6.07) is 18.5. The smallest absolute Gasteiger partial charge is 0.255 e. The van der Waals surface area contributed by atoms with Gasteiger partial charge in [-0.2, -0.15) is 0 Å². The van der Waals surface area contributed by atoms with Crippen LogP contribution < -0.4 is 4.74 Å². The number of ether oxygens (including phenoxy) is 1. The second-order valence-electron chi connectivity index (χ2n) is 8.92. The number of fused-ring (bicyclic) bond motifs is 1. The van der Waals surface area contributed by atoms with Crippen LogP contribution in [0.15, 0.2) is 66.9 Å². The third-order valence-corrected chi connectivity index (χ3v) is 6.42. The number of carbonyl (C=O) groups excluding carboxylic acids is 2. The second-order valence-corrected chi connectivity index (χ2v) is 9.32. The molecule has 1 aliphatic heterocycles. The van der Waals surface area contributed by atoms with Crippen LogP contribution in [-0.2, 0) is 11.3 Å². The van der Waals surface area contributed by atoms with Crippen molar-refractivity contribution >= 4 is 23.4 Å². The lowest BCUT2D eigenvalue weighted by molar-refractivity contribution is -0.134. The molecule has 1 aromatic heterocycles. The Balaban J connectivity index is 1.66. The summed E-state index contributed by atoms with van der Waals surface area (Å²) in [6.45, 7) is 5.74. The summed E-state index contributed by atoms with van der Waals surface area (Å²) in [7, 11) is 1.64. The van der Waals surface area contributed by atoms with Crippen molar-refractivity contribution in [2.75, 3.05) is 26.7 Å². The molecule has 6 nitrogen and oxygen atoms in total. The molecule has 1 atom stereocenters. The fraction of sp³-hybridized carbons (Fsp3) is 0.333. The van der Waals surface area contributed by atoms with E-state index in [0.717, 1.165) is 17.0 Å². The number of benzene rings is 2. The number of methoxy groups -OCH3 is 1. The molecule has 4 rings (SSSR count). The monoisotopic (exact) mass is 479 g/mol. The first-order valence-corrected chi connectivity index (χ1v) is 11.9. The number of hydrogen-bond donors (Lipinski definition) is 0. The van der Waals surface area contributed by atoms with E-state index in [9.17, 15) is 9.59 Å². The first-order chi connectivity index (χ1) is 16.4. The van der Waals surface area contributed by atoms with Gasteiger partial charge in [-0.1, -0.05) is 55.8 Å². The van der Waals surface area contributed by atoms with Gasteiger partial charge >= 0.3 is 0 Å².